The van der Waals surface area contributed by atoms with Crippen molar-refractivity contribution in [2.45, 2.75) is 6.92 Å². The van der Waals surface area contributed by atoms with Gasteiger partial charge in [-0.15, -0.1) is 0 Å². The minimum Gasteiger partial charge on any atom is -0.504 e. The number of hydrogen-bond donors (Lipinski definition) is 1. The van der Waals surface area contributed by atoms with Crippen LogP contribution >= 0.6 is 0 Å². The zero-order valence-corrected chi connectivity index (χ0v) is 11.7. The Kier molecular flexibility index (Phi) is 6.04. The van der Waals surface area contributed by atoms with E-state index in [1.54, 1.807) is 31.2 Å². The summed E-state index contributed by atoms with van der Waals surface area (Å²) in [6.07, 6.45) is 1.70. The van der Waals surface area contributed by atoms with E-state index in [-0.39, 0.29) is 11.5 Å². The number of phenolic OH excluding ortho intramolecular Hbond substituents is 1. The Hall–Kier alpha value is -2.55. The Bertz CT molecular complexity index is 574. The first-order valence-corrected chi connectivity index (χ1v) is 6.14. The van der Waals surface area contributed by atoms with Gasteiger partial charge in [-0.3, -0.25) is 4.79 Å². The lowest BCUT2D eigenvalue weighted by atomic mass is 10.2. The van der Waals surface area contributed by atoms with Crippen molar-refractivity contribution in [3.8, 4) is 11.5 Å². The molecule has 2 rings (SSSR count). The van der Waals surface area contributed by atoms with E-state index in [2.05, 4.69) is 6.58 Å². The van der Waals surface area contributed by atoms with Gasteiger partial charge in [-0.05, 0) is 24.6 Å². The summed E-state index contributed by atoms with van der Waals surface area (Å²) >= 11 is 0. The largest absolute Gasteiger partial charge is 0.504 e. The molecule has 3 heteroatoms. The van der Waals surface area contributed by atoms with E-state index in [0.717, 1.165) is 11.1 Å². The van der Waals surface area contributed by atoms with E-state index in [9.17, 15) is 9.90 Å². The number of ketones is 1. The SMILES string of the molecule is C=Cc1ccc(O)c(OC)c1.CC(=O)c1ccccc1. The number of carbonyl (C=O) groups is 1. The summed E-state index contributed by atoms with van der Waals surface area (Å²) in [6, 6.07) is 14.3. The second-order valence-electron chi connectivity index (χ2n) is 4.06. The molecule has 2 aromatic carbocycles. The van der Waals surface area contributed by atoms with Gasteiger partial charge in [-0.25, -0.2) is 0 Å². The van der Waals surface area contributed by atoms with Crippen LogP contribution in [0.25, 0.3) is 6.08 Å². The molecule has 0 amide bonds. The number of carbonyl (C=O) groups excluding carboxylic acids is 1. The first-order chi connectivity index (χ1) is 9.58. The predicted molar refractivity (Wildman–Crippen MR) is 81.2 cm³/mol. The summed E-state index contributed by atoms with van der Waals surface area (Å²) in [5, 5.41) is 9.17. The van der Waals surface area contributed by atoms with Crippen molar-refractivity contribution in [2.24, 2.45) is 0 Å². The third kappa shape index (κ3) is 4.61. The Balaban J connectivity index is 0.000000204. The molecule has 0 aliphatic heterocycles. The van der Waals surface area contributed by atoms with E-state index in [4.69, 9.17) is 4.74 Å². The van der Waals surface area contributed by atoms with Crippen molar-refractivity contribution in [2.75, 3.05) is 7.11 Å². The van der Waals surface area contributed by atoms with Crippen molar-refractivity contribution >= 4 is 11.9 Å². The topological polar surface area (TPSA) is 46.5 Å². The summed E-state index contributed by atoms with van der Waals surface area (Å²) in [4.78, 5) is 10.6. The van der Waals surface area contributed by atoms with Gasteiger partial charge in [-0.2, -0.15) is 0 Å². The number of hydrogen-bond acceptors (Lipinski definition) is 3. The number of methoxy groups -OCH3 is 1. The number of aromatic hydroxyl groups is 1. The molecule has 0 fully saturated rings. The zero-order valence-electron chi connectivity index (χ0n) is 11.7. The maximum Gasteiger partial charge on any atom is 0.161 e. The second kappa shape index (κ2) is 7.79. The molecule has 0 aromatic heterocycles. The molecule has 1 N–H and O–H groups in total. The summed E-state index contributed by atoms with van der Waals surface area (Å²) in [5.74, 6) is 0.746. The molecule has 0 saturated heterocycles. The highest BCUT2D eigenvalue weighted by atomic mass is 16.5. The Morgan fingerprint density at radius 2 is 1.85 bits per heavy atom. The van der Waals surface area contributed by atoms with Crippen molar-refractivity contribution < 1.29 is 14.6 Å². The Labute approximate surface area is 119 Å². The van der Waals surface area contributed by atoms with Gasteiger partial charge >= 0.3 is 0 Å². The quantitative estimate of drug-likeness (QED) is 0.859. The average molecular weight is 270 g/mol. The molecule has 3 nitrogen and oxygen atoms in total. The summed E-state index contributed by atoms with van der Waals surface area (Å²) in [6.45, 7) is 5.16. The number of ether oxygens (including phenoxy) is 1. The number of phenols is 1. The van der Waals surface area contributed by atoms with Crippen LogP contribution in [0.1, 0.15) is 22.8 Å². The summed E-state index contributed by atoms with van der Waals surface area (Å²) in [5.41, 5.74) is 1.71. The van der Waals surface area contributed by atoms with Gasteiger partial charge in [0.2, 0.25) is 0 Å². The molecule has 0 aliphatic carbocycles. The molecule has 0 spiro atoms. The predicted octanol–water partition coefficient (Wildman–Crippen LogP) is 3.93. The Morgan fingerprint density at radius 1 is 1.20 bits per heavy atom. The molecule has 0 saturated carbocycles. The van der Waals surface area contributed by atoms with Crippen molar-refractivity contribution in [3.63, 3.8) is 0 Å². The summed E-state index contributed by atoms with van der Waals surface area (Å²) < 4.78 is 4.89. The monoisotopic (exact) mass is 270 g/mol. The van der Waals surface area contributed by atoms with E-state index < -0.39 is 0 Å². The van der Waals surface area contributed by atoms with Crippen molar-refractivity contribution in [1.29, 1.82) is 0 Å². The lowest BCUT2D eigenvalue weighted by Gasteiger charge is -2.02. The van der Waals surface area contributed by atoms with Crippen LogP contribution in [0, 0.1) is 0 Å². The van der Waals surface area contributed by atoms with Gasteiger partial charge in [0.1, 0.15) is 0 Å². The van der Waals surface area contributed by atoms with E-state index in [0.29, 0.717) is 5.75 Å². The normalized spacial score (nSPS) is 9.10. The minimum atomic E-state index is 0.121. The van der Waals surface area contributed by atoms with E-state index in [1.807, 2.05) is 30.3 Å². The first kappa shape index (κ1) is 15.5. The van der Waals surface area contributed by atoms with Crippen molar-refractivity contribution in [1.82, 2.24) is 0 Å². The van der Waals surface area contributed by atoms with Crippen molar-refractivity contribution in [3.05, 3.63) is 66.2 Å². The van der Waals surface area contributed by atoms with Gasteiger partial charge in [0.15, 0.2) is 17.3 Å². The summed E-state index contributed by atoms with van der Waals surface area (Å²) in [7, 11) is 1.52. The smallest absolute Gasteiger partial charge is 0.161 e. The van der Waals surface area contributed by atoms with Gasteiger partial charge in [0.25, 0.3) is 0 Å². The molecule has 0 bridgehead atoms. The first-order valence-electron chi connectivity index (χ1n) is 6.14. The molecule has 0 radical (unpaired) electrons. The molecule has 2 aromatic rings. The Morgan fingerprint density at radius 3 is 2.30 bits per heavy atom. The highest BCUT2D eigenvalue weighted by molar-refractivity contribution is 5.93. The van der Waals surface area contributed by atoms with Crippen LogP contribution in [0.5, 0.6) is 11.5 Å². The number of rotatable bonds is 3. The molecule has 0 aliphatic rings. The fourth-order valence-corrected chi connectivity index (χ4v) is 1.49. The van der Waals surface area contributed by atoms with Gasteiger partial charge in [0.05, 0.1) is 7.11 Å². The lowest BCUT2D eigenvalue weighted by Crippen LogP contribution is -1.88. The van der Waals surface area contributed by atoms with Gasteiger partial charge < -0.3 is 9.84 Å². The third-order valence-electron chi connectivity index (χ3n) is 2.62. The van der Waals surface area contributed by atoms with Crippen LogP contribution in [-0.4, -0.2) is 18.0 Å². The molecular weight excluding hydrogens is 252 g/mol. The average Bonchev–Trinajstić information content (AvgIpc) is 2.49. The molecule has 20 heavy (non-hydrogen) atoms. The third-order valence-corrected chi connectivity index (χ3v) is 2.62. The van der Waals surface area contributed by atoms with Crippen LogP contribution in [-0.2, 0) is 0 Å². The van der Waals surface area contributed by atoms with Crippen LogP contribution in [0.4, 0.5) is 0 Å². The van der Waals surface area contributed by atoms with E-state index >= 15 is 0 Å². The van der Waals surface area contributed by atoms with Crippen LogP contribution < -0.4 is 4.74 Å². The molecule has 0 unspecified atom stereocenters. The molecule has 0 heterocycles. The molecular formula is C17H18O3. The standard InChI is InChI=1S/C9H10O2.C8H8O/c1-3-7-4-5-8(10)9(6-7)11-2;1-7(9)8-5-3-2-4-6-8/h3-6,10H,1H2,2H3;2-6H,1H3. The fraction of sp³-hybridized carbons (Fsp3) is 0.118. The highest BCUT2D eigenvalue weighted by Gasteiger charge is 1.99. The van der Waals surface area contributed by atoms with Gasteiger partial charge in [-0.1, -0.05) is 49.1 Å². The number of Topliss-reactive ketones (excluding diaryl/α,β-unsaturated/α-hetero) is 1. The minimum absolute atomic E-state index is 0.121. The second-order valence-corrected chi connectivity index (χ2v) is 4.06. The van der Waals surface area contributed by atoms with Crippen LogP contribution in [0.2, 0.25) is 0 Å². The van der Waals surface area contributed by atoms with Crippen LogP contribution in [0.3, 0.4) is 0 Å². The van der Waals surface area contributed by atoms with E-state index in [1.165, 1.54) is 7.11 Å². The molecule has 0 atom stereocenters. The maximum absolute atomic E-state index is 10.6. The maximum atomic E-state index is 10.6. The molecule has 104 valence electrons. The fourth-order valence-electron chi connectivity index (χ4n) is 1.49. The van der Waals surface area contributed by atoms with Crippen LogP contribution in [0.15, 0.2) is 55.1 Å². The van der Waals surface area contributed by atoms with Gasteiger partial charge in [0, 0.05) is 5.56 Å². The zero-order chi connectivity index (χ0) is 15.0. The number of benzene rings is 2. The highest BCUT2D eigenvalue weighted by Crippen LogP contribution is 2.26. The lowest BCUT2D eigenvalue weighted by molar-refractivity contribution is 0.101.